The number of benzene rings is 1. The Morgan fingerprint density at radius 2 is 2.00 bits per heavy atom. The van der Waals surface area contributed by atoms with Crippen molar-refractivity contribution in [1.82, 2.24) is 4.90 Å². The number of ketones is 1. The molecular formula is C15H22N2O. The van der Waals surface area contributed by atoms with Gasteiger partial charge in [0.05, 0.1) is 0 Å². The Labute approximate surface area is 109 Å². The van der Waals surface area contributed by atoms with E-state index in [9.17, 15) is 4.79 Å². The van der Waals surface area contributed by atoms with Crippen molar-refractivity contribution in [3.05, 3.63) is 35.4 Å². The van der Waals surface area contributed by atoms with Gasteiger partial charge in [-0.25, -0.2) is 0 Å². The summed E-state index contributed by atoms with van der Waals surface area (Å²) >= 11 is 0. The Balaban J connectivity index is 1.98. The summed E-state index contributed by atoms with van der Waals surface area (Å²) < 4.78 is 0. The number of hydrogen-bond donors (Lipinski definition) is 1. The average Bonchev–Trinajstić information content (AvgIpc) is 2.40. The third-order valence-electron chi connectivity index (χ3n) is 3.81. The van der Waals surface area contributed by atoms with Gasteiger partial charge in [-0.3, -0.25) is 4.79 Å². The van der Waals surface area contributed by atoms with Crippen molar-refractivity contribution in [2.24, 2.45) is 11.7 Å². The molecule has 2 rings (SSSR count). The van der Waals surface area contributed by atoms with Crippen LogP contribution in [-0.2, 0) is 0 Å². The molecule has 1 fully saturated rings. The van der Waals surface area contributed by atoms with Gasteiger partial charge in [0, 0.05) is 24.6 Å². The number of carbonyl (C=O) groups is 1. The number of nitrogens with two attached hydrogens (primary N) is 1. The van der Waals surface area contributed by atoms with Gasteiger partial charge in [0.2, 0.25) is 0 Å². The van der Waals surface area contributed by atoms with Gasteiger partial charge < -0.3 is 10.6 Å². The van der Waals surface area contributed by atoms with E-state index in [-0.39, 0.29) is 5.92 Å². The fraction of sp³-hybridized carbons (Fsp3) is 0.533. The molecule has 3 nitrogen and oxygen atoms in total. The van der Waals surface area contributed by atoms with E-state index < -0.39 is 0 Å². The normalized spacial score (nSPS) is 17.9. The summed E-state index contributed by atoms with van der Waals surface area (Å²) in [6, 6.07) is 7.89. The summed E-state index contributed by atoms with van der Waals surface area (Å²) in [6.07, 6.45) is 1.93. The predicted octanol–water partition coefficient (Wildman–Crippen LogP) is 1.85. The number of Topliss-reactive ketones (excluding diaryl/α,β-unsaturated/α-hetero) is 1. The molecular weight excluding hydrogens is 224 g/mol. The number of carbonyl (C=O) groups excluding carboxylic acids is 1. The lowest BCUT2D eigenvalue weighted by atomic mass is 9.87. The molecule has 18 heavy (non-hydrogen) atoms. The molecule has 0 aliphatic carbocycles. The second-order valence-corrected chi connectivity index (χ2v) is 5.08. The molecule has 1 aromatic carbocycles. The van der Waals surface area contributed by atoms with Crippen molar-refractivity contribution < 1.29 is 4.79 Å². The summed E-state index contributed by atoms with van der Waals surface area (Å²) in [5, 5.41) is 0. The van der Waals surface area contributed by atoms with Crippen LogP contribution in [0.5, 0.6) is 0 Å². The first kappa shape index (κ1) is 13.2. The maximum atomic E-state index is 12.4. The van der Waals surface area contributed by atoms with E-state index in [0.717, 1.165) is 43.6 Å². The average molecular weight is 246 g/mol. The summed E-state index contributed by atoms with van der Waals surface area (Å²) in [4.78, 5) is 14.8. The number of likely N-dealkylation sites (tertiary alicyclic amines) is 1. The monoisotopic (exact) mass is 246 g/mol. The lowest BCUT2D eigenvalue weighted by Crippen LogP contribution is -2.39. The van der Waals surface area contributed by atoms with E-state index in [1.807, 2.05) is 31.2 Å². The highest BCUT2D eigenvalue weighted by Crippen LogP contribution is 2.23. The van der Waals surface area contributed by atoms with Crippen molar-refractivity contribution in [3.8, 4) is 0 Å². The van der Waals surface area contributed by atoms with Crippen molar-refractivity contribution in [1.29, 1.82) is 0 Å². The van der Waals surface area contributed by atoms with Crippen LogP contribution in [0.2, 0.25) is 0 Å². The quantitative estimate of drug-likeness (QED) is 0.825. The number of nitrogens with zero attached hydrogens (tertiary/aromatic N) is 1. The number of rotatable bonds is 4. The largest absolute Gasteiger partial charge is 0.329 e. The second kappa shape index (κ2) is 6.12. The van der Waals surface area contributed by atoms with Crippen molar-refractivity contribution in [2.45, 2.75) is 19.8 Å². The van der Waals surface area contributed by atoms with E-state index in [4.69, 9.17) is 5.73 Å². The molecule has 1 aliphatic rings. The zero-order valence-corrected chi connectivity index (χ0v) is 11.1. The fourth-order valence-corrected chi connectivity index (χ4v) is 2.67. The molecule has 0 bridgehead atoms. The Bertz CT molecular complexity index is 409. The molecule has 0 radical (unpaired) electrons. The highest BCUT2D eigenvalue weighted by molar-refractivity contribution is 5.99. The van der Waals surface area contributed by atoms with Gasteiger partial charge in [-0.05, 0) is 38.4 Å². The molecule has 1 saturated heterocycles. The van der Waals surface area contributed by atoms with Crippen LogP contribution < -0.4 is 5.73 Å². The van der Waals surface area contributed by atoms with E-state index >= 15 is 0 Å². The first-order valence-corrected chi connectivity index (χ1v) is 6.74. The van der Waals surface area contributed by atoms with Crippen molar-refractivity contribution in [2.75, 3.05) is 26.2 Å². The lowest BCUT2D eigenvalue weighted by Gasteiger charge is -2.31. The van der Waals surface area contributed by atoms with Crippen LogP contribution in [0.4, 0.5) is 0 Å². The summed E-state index contributed by atoms with van der Waals surface area (Å²) in [6.45, 7) is 5.66. The zero-order valence-electron chi connectivity index (χ0n) is 11.1. The zero-order chi connectivity index (χ0) is 13.0. The van der Waals surface area contributed by atoms with Gasteiger partial charge in [0.15, 0.2) is 5.78 Å². The minimum Gasteiger partial charge on any atom is -0.329 e. The van der Waals surface area contributed by atoms with Crippen LogP contribution >= 0.6 is 0 Å². The third kappa shape index (κ3) is 2.98. The van der Waals surface area contributed by atoms with Crippen molar-refractivity contribution in [3.63, 3.8) is 0 Å². The van der Waals surface area contributed by atoms with Crippen LogP contribution in [0.15, 0.2) is 24.3 Å². The second-order valence-electron chi connectivity index (χ2n) is 5.08. The molecule has 0 saturated carbocycles. The molecule has 0 spiro atoms. The van der Waals surface area contributed by atoms with Crippen LogP contribution in [-0.4, -0.2) is 36.9 Å². The first-order chi connectivity index (χ1) is 8.72. The maximum absolute atomic E-state index is 12.4. The highest BCUT2D eigenvalue weighted by atomic mass is 16.1. The molecule has 0 unspecified atom stereocenters. The van der Waals surface area contributed by atoms with E-state index in [2.05, 4.69) is 4.90 Å². The molecule has 3 heteroatoms. The SMILES string of the molecule is Cc1ccccc1C(=O)C1CCN(CCN)CC1. The standard InChI is InChI=1S/C15H22N2O/c1-12-4-2-3-5-14(12)15(18)13-6-9-17(10-7-13)11-8-16/h2-5,13H,6-11,16H2,1H3. The Hall–Kier alpha value is -1.19. The van der Waals surface area contributed by atoms with Gasteiger partial charge in [-0.15, -0.1) is 0 Å². The number of hydrogen-bond acceptors (Lipinski definition) is 3. The third-order valence-corrected chi connectivity index (χ3v) is 3.81. The molecule has 0 atom stereocenters. The maximum Gasteiger partial charge on any atom is 0.166 e. The van der Waals surface area contributed by atoms with Gasteiger partial charge >= 0.3 is 0 Å². The van der Waals surface area contributed by atoms with E-state index in [1.165, 1.54) is 0 Å². The molecule has 98 valence electrons. The first-order valence-electron chi connectivity index (χ1n) is 6.74. The van der Waals surface area contributed by atoms with Gasteiger partial charge in [-0.1, -0.05) is 24.3 Å². The van der Waals surface area contributed by atoms with Crippen LogP contribution in [0.25, 0.3) is 0 Å². The van der Waals surface area contributed by atoms with Gasteiger partial charge in [0.25, 0.3) is 0 Å². The van der Waals surface area contributed by atoms with Crippen LogP contribution in [0.3, 0.4) is 0 Å². The fourth-order valence-electron chi connectivity index (χ4n) is 2.67. The molecule has 1 heterocycles. The van der Waals surface area contributed by atoms with Gasteiger partial charge in [0.1, 0.15) is 0 Å². The van der Waals surface area contributed by atoms with Crippen LogP contribution in [0, 0.1) is 12.8 Å². The summed E-state index contributed by atoms with van der Waals surface area (Å²) in [5.74, 6) is 0.514. The van der Waals surface area contributed by atoms with Gasteiger partial charge in [-0.2, -0.15) is 0 Å². The Kier molecular flexibility index (Phi) is 4.50. The molecule has 2 N–H and O–H groups in total. The highest BCUT2D eigenvalue weighted by Gasteiger charge is 2.25. The molecule has 0 aromatic heterocycles. The molecule has 0 amide bonds. The summed E-state index contributed by atoms with van der Waals surface area (Å²) in [7, 11) is 0. The predicted molar refractivity (Wildman–Crippen MR) is 73.7 cm³/mol. The van der Waals surface area contributed by atoms with Crippen molar-refractivity contribution >= 4 is 5.78 Å². The molecule has 1 aromatic rings. The number of piperidine rings is 1. The van der Waals surface area contributed by atoms with E-state index in [1.54, 1.807) is 0 Å². The Morgan fingerprint density at radius 3 is 2.61 bits per heavy atom. The van der Waals surface area contributed by atoms with Crippen LogP contribution in [0.1, 0.15) is 28.8 Å². The Morgan fingerprint density at radius 1 is 1.33 bits per heavy atom. The lowest BCUT2D eigenvalue weighted by molar-refractivity contribution is 0.0842. The smallest absolute Gasteiger partial charge is 0.166 e. The van der Waals surface area contributed by atoms with E-state index in [0.29, 0.717) is 12.3 Å². The topological polar surface area (TPSA) is 46.3 Å². The summed E-state index contributed by atoms with van der Waals surface area (Å²) in [5.41, 5.74) is 7.54. The minimum atomic E-state index is 0.195. The molecule has 1 aliphatic heterocycles. The minimum absolute atomic E-state index is 0.195. The number of aryl methyl sites for hydroxylation is 1.